The second-order valence-corrected chi connectivity index (χ2v) is 5.86. The topological polar surface area (TPSA) is 60.9 Å². The van der Waals surface area contributed by atoms with E-state index in [0.29, 0.717) is 16.7 Å². The van der Waals surface area contributed by atoms with Crippen LogP contribution in [0.4, 0.5) is 5.82 Å². The van der Waals surface area contributed by atoms with Crippen LogP contribution in [0.2, 0.25) is 5.02 Å². The standard InChI is InChI=1S/C14H16ClN3OS/c1-2-6-20-14-17-12(16)8-13(19)18(14)9-10-4-3-5-11(15)7-10/h3-5,7-8H,2,6,9,16H2,1H3. The summed E-state index contributed by atoms with van der Waals surface area (Å²) < 4.78 is 1.63. The molecule has 0 aliphatic heterocycles. The van der Waals surface area contributed by atoms with Gasteiger partial charge >= 0.3 is 0 Å². The predicted octanol–water partition coefficient (Wildman–Crippen LogP) is 3.03. The Hall–Kier alpha value is -1.46. The number of thioether (sulfide) groups is 1. The van der Waals surface area contributed by atoms with Crippen LogP contribution in [0.3, 0.4) is 0 Å². The number of rotatable bonds is 5. The third-order valence-corrected chi connectivity index (χ3v) is 4.08. The summed E-state index contributed by atoms with van der Waals surface area (Å²) >= 11 is 7.51. The van der Waals surface area contributed by atoms with Crippen molar-refractivity contribution in [2.24, 2.45) is 0 Å². The van der Waals surface area contributed by atoms with Crippen molar-refractivity contribution in [3.8, 4) is 0 Å². The molecule has 2 rings (SSSR count). The van der Waals surface area contributed by atoms with Crippen molar-refractivity contribution in [1.82, 2.24) is 9.55 Å². The third-order valence-electron chi connectivity index (χ3n) is 2.66. The first-order valence-electron chi connectivity index (χ1n) is 6.34. The monoisotopic (exact) mass is 309 g/mol. The summed E-state index contributed by atoms with van der Waals surface area (Å²) in [5.74, 6) is 1.15. The summed E-state index contributed by atoms with van der Waals surface area (Å²) in [6.07, 6.45) is 1.01. The molecule has 2 aromatic rings. The zero-order valence-electron chi connectivity index (χ0n) is 11.2. The summed E-state index contributed by atoms with van der Waals surface area (Å²) in [5, 5.41) is 1.30. The van der Waals surface area contributed by atoms with E-state index in [0.717, 1.165) is 17.7 Å². The van der Waals surface area contributed by atoms with Gasteiger partial charge in [-0.15, -0.1) is 0 Å². The summed E-state index contributed by atoms with van der Waals surface area (Å²) in [7, 11) is 0. The summed E-state index contributed by atoms with van der Waals surface area (Å²) in [6, 6.07) is 8.80. The molecular formula is C14H16ClN3OS. The maximum absolute atomic E-state index is 12.1. The molecule has 0 fully saturated rings. The fourth-order valence-corrected chi connectivity index (χ4v) is 2.85. The zero-order chi connectivity index (χ0) is 14.5. The van der Waals surface area contributed by atoms with E-state index in [-0.39, 0.29) is 11.4 Å². The highest BCUT2D eigenvalue weighted by atomic mass is 35.5. The third kappa shape index (κ3) is 3.77. The zero-order valence-corrected chi connectivity index (χ0v) is 12.7. The molecule has 0 aliphatic carbocycles. The van der Waals surface area contributed by atoms with Crippen LogP contribution in [0.15, 0.2) is 40.3 Å². The van der Waals surface area contributed by atoms with Crippen molar-refractivity contribution < 1.29 is 0 Å². The van der Waals surface area contributed by atoms with E-state index in [1.54, 1.807) is 4.57 Å². The molecule has 1 aromatic carbocycles. The normalized spacial score (nSPS) is 10.7. The fraction of sp³-hybridized carbons (Fsp3) is 0.286. The predicted molar refractivity (Wildman–Crippen MR) is 84.5 cm³/mol. The fourth-order valence-electron chi connectivity index (χ4n) is 1.77. The van der Waals surface area contributed by atoms with Gasteiger partial charge in [-0.2, -0.15) is 0 Å². The first-order valence-corrected chi connectivity index (χ1v) is 7.71. The first kappa shape index (κ1) is 14.9. The van der Waals surface area contributed by atoms with E-state index in [1.807, 2.05) is 24.3 Å². The van der Waals surface area contributed by atoms with E-state index in [4.69, 9.17) is 17.3 Å². The van der Waals surface area contributed by atoms with Gasteiger partial charge in [0.1, 0.15) is 5.82 Å². The number of halogens is 1. The average Bonchev–Trinajstić information content (AvgIpc) is 2.40. The van der Waals surface area contributed by atoms with Crippen LogP contribution in [-0.2, 0) is 6.54 Å². The molecule has 0 amide bonds. The van der Waals surface area contributed by atoms with Crippen LogP contribution in [-0.4, -0.2) is 15.3 Å². The highest BCUT2D eigenvalue weighted by Gasteiger charge is 2.09. The van der Waals surface area contributed by atoms with Gasteiger partial charge in [0.15, 0.2) is 5.16 Å². The van der Waals surface area contributed by atoms with Crippen molar-refractivity contribution in [2.75, 3.05) is 11.5 Å². The second-order valence-electron chi connectivity index (χ2n) is 4.37. The minimum absolute atomic E-state index is 0.143. The van der Waals surface area contributed by atoms with Gasteiger partial charge in [-0.3, -0.25) is 9.36 Å². The molecule has 0 aliphatic rings. The quantitative estimate of drug-likeness (QED) is 0.681. The van der Waals surface area contributed by atoms with Gasteiger partial charge in [0.25, 0.3) is 5.56 Å². The van der Waals surface area contributed by atoms with Gasteiger partial charge < -0.3 is 5.73 Å². The lowest BCUT2D eigenvalue weighted by Crippen LogP contribution is -2.23. The van der Waals surface area contributed by atoms with Gasteiger partial charge in [-0.1, -0.05) is 42.4 Å². The Kier molecular flexibility index (Phi) is 5.09. The van der Waals surface area contributed by atoms with E-state index in [9.17, 15) is 4.79 Å². The van der Waals surface area contributed by atoms with E-state index >= 15 is 0 Å². The Labute approximate surface area is 127 Å². The Morgan fingerprint density at radius 2 is 2.20 bits per heavy atom. The van der Waals surface area contributed by atoms with Gasteiger partial charge in [0, 0.05) is 16.8 Å². The van der Waals surface area contributed by atoms with Crippen molar-refractivity contribution in [2.45, 2.75) is 25.0 Å². The van der Waals surface area contributed by atoms with Crippen molar-refractivity contribution >= 4 is 29.2 Å². The molecule has 2 N–H and O–H groups in total. The Morgan fingerprint density at radius 1 is 1.40 bits per heavy atom. The minimum Gasteiger partial charge on any atom is -0.383 e. The number of aromatic nitrogens is 2. The molecule has 0 unspecified atom stereocenters. The van der Waals surface area contributed by atoms with Gasteiger partial charge in [0.2, 0.25) is 0 Å². The maximum Gasteiger partial charge on any atom is 0.256 e. The van der Waals surface area contributed by atoms with Gasteiger partial charge in [-0.25, -0.2) is 4.98 Å². The minimum atomic E-state index is -0.143. The summed E-state index contributed by atoms with van der Waals surface area (Å²) in [5.41, 5.74) is 6.48. The molecule has 4 nitrogen and oxygen atoms in total. The molecule has 1 aromatic heterocycles. The lowest BCUT2D eigenvalue weighted by atomic mass is 10.2. The first-order chi connectivity index (χ1) is 9.60. The maximum atomic E-state index is 12.1. The highest BCUT2D eigenvalue weighted by Crippen LogP contribution is 2.18. The lowest BCUT2D eigenvalue weighted by molar-refractivity contribution is 0.647. The van der Waals surface area contributed by atoms with E-state index < -0.39 is 0 Å². The molecule has 6 heteroatoms. The number of anilines is 1. The van der Waals surface area contributed by atoms with Crippen LogP contribution in [0.5, 0.6) is 0 Å². The smallest absolute Gasteiger partial charge is 0.256 e. The number of nitrogen functional groups attached to an aromatic ring is 1. The van der Waals surface area contributed by atoms with Crippen molar-refractivity contribution in [1.29, 1.82) is 0 Å². The van der Waals surface area contributed by atoms with Crippen LogP contribution < -0.4 is 11.3 Å². The number of hydrogen-bond donors (Lipinski definition) is 1. The van der Waals surface area contributed by atoms with Crippen molar-refractivity contribution in [3.63, 3.8) is 0 Å². The number of hydrogen-bond acceptors (Lipinski definition) is 4. The van der Waals surface area contributed by atoms with Crippen LogP contribution in [0.1, 0.15) is 18.9 Å². The lowest BCUT2D eigenvalue weighted by Gasteiger charge is -2.12. The van der Waals surface area contributed by atoms with Crippen LogP contribution in [0, 0.1) is 0 Å². The average molecular weight is 310 g/mol. The Morgan fingerprint density at radius 3 is 2.90 bits per heavy atom. The van der Waals surface area contributed by atoms with E-state index in [1.165, 1.54) is 17.8 Å². The SMILES string of the molecule is CCCSc1nc(N)cc(=O)n1Cc1cccc(Cl)c1. The van der Waals surface area contributed by atoms with Gasteiger partial charge in [0.05, 0.1) is 6.54 Å². The van der Waals surface area contributed by atoms with Crippen molar-refractivity contribution in [3.05, 3.63) is 51.3 Å². The van der Waals surface area contributed by atoms with E-state index in [2.05, 4.69) is 11.9 Å². The Balaban J connectivity index is 2.36. The molecule has 0 saturated carbocycles. The molecule has 0 saturated heterocycles. The molecule has 0 radical (unpaired) electrons. The van der Waals surface area contributed by atoms with Crippen LogP contribution >= 0.6 is 23.4 Å². The van der Waals surface area contributed by atoms with Crippen LogP contribution in [0.25, 0.3) is 0 Å². The molecule has 0 spiro atoms. The number of nitrogens with zero attached hydrogens (tertiary/aromatic N) is 2. The number of nitrogens with two attached hydrogens (primary N) is 1. The summed E-state index contributed by atoms with van der Waals surface area (Å²) in [4.78, 5) is 16.4. The second kappa shape index (κ2) is 6.81. The molecular weight excluding hydrogens is 294 g/mol. The molecule has 0 atom stereocenters. The molecule has 106 valence electrons. The molecule has 0 bridgehead atoms. The Bertz CT molecular complexity index is 657. The number of benzene rings is 1. The largest absolute Gasteiger partial charge is 0.383 e. The molecule has 1 heterocycles. The summed E-state index contributed by atoms with van der Waals surface area (Å²) in [6.45, 7) is 2.53. The molecule has 20 heavy (non-hydrogen) atoms. The van der Waals surface area contributed by atoms with Gasteiger partial charge in [-0.05, 0) is 24.1 Å². The highest BCUT2D eigenvalue weighted by molar-refractivity contribution is 7.99.